The van der Waals surface area contributed by atoms with Crippen molar-refractivity contribution in [1.29, 1.82) is 0 Å². The Hall–Kier alpha value is -2.55. The van der Waals surface area contributed by atoms with E-state index in [9.17, 15) is 4.79 Å². The number of methoxy groups -OCH3 is 1. The van der Waals surface area contributed by atoms with E-state index in [-0.39, 0.29) is 5.78 Å². The number of carbonyl (C=O) groups is 1. The van der Waals surface area contributed by atoms with Gasteiger partial charge in [-0.1, -0.05) is 29.8 Å². The molecule has 0 saturated heterocycles. The van der Waals surface area contributed by atoms with Crippen molar-refractivity contribution in [2.45, 2.75) is 6.92 Å². The van der Waals surface area contributed by atoms with Gasteiger partial charge >= 0.3 is 0 Å². The lowest BCUT2D eigenvalue weighted by Gasteiger charge is -1.97. The summed E-state index contributed by atoms with van der Waals surface area (Å²) in [6.07, 6.45) is 0. The van der Waals surface area contributed by atoms with Crippen LogP contribution in [0.1, 0.15) is 21.7 Å². The van der Waals surface area contributed by atoms with E-state index in [0.29, 0.717) is 16.9 Å². The molecule has 0 aliphatic rings. The van der Waals surface area contributed by atoms with Gasteiger partial charge in [-0.25, -0.2) is 0 Å². The number of ether oxygens (including phenoxy) is 1. The van der Waals surface area contributed by atoms with Gasteiger partial charge in [0.2, 0.25) is 5.78 Å². The number of rotatable bonds is 3. The first kappa shape index (κ1) is 12.5. The van der Waals surface area contributed by atoms with Crippen molar-refractivity contribution >= 4 is 16.8 Å². The van der Waals surface area contributed by atoms with E-state index in [0.717, 1.165) is 16.7 Å². The molecule has 20 heavy (non-hydrogen) atoms. The molecule has 0 amide bonds. The van der Waals surface area contributed by atoms with Crippen LogP contribution >= 0.6 is 0 Å². The van der Waals surface area contributed by atoms with Gasteiger partial charge < -0.3 is 9.15 Å². The Kier molecular flexibility index (Phi) is 3.03. The predicted octanol–water partition coefficient (Wildman–Crippen LogP) is 3.98. The average Bonchev–Trinajstić information content (AvgIpc) is 2.90. The van der Waals surface area contributed by atoms with Crippen LogP contribution in [0.25, 0.3) is 11.0 Å². The van der Waals surface area contributed by atoms with Crippen molar-refractivity contribution in [3.63, 3.8) is 0 Å². The summed E-state index contributed by atoms with van der Waals surface area (Å²) < 4.78 is 10.8. The molecule has 0 radical (unpaired) electrons. The number of carbonyl (C=O) groups excluding carboxylic acids is 1. The summed E-state index contributed by atoms with van der Waals surface area (Å²) in [6.45, 7) is 1.99. The molecule has 0 bridgehead atoms. The third kappa shape index (κ3) is 2.18. The normalized spacial score (nSPS) is 10.7. The smallest absolute Gasteiger partial charge is 0.228 e. The molecule has 0 saturated carbocycles. The minimum Gasteiger partial charge on any atom is -0.497 e. The summed E-state index contributed by atoms with van der Waals surface area (Å²) in [5.74, 6) is 0.977. The molecule has 0 unspecified atom stereocenters. The fourth-order valence-corrected chi connectivity index (χ4v) is 2.11. The van der Waals surface area contributed by atoms with Crippen LogP contribution in [-0.2, 0) is 0 Å². The second-order valence-corrected chi connectivity index (χ2v) is 4.71. The molecular formula is C17H14O3. The van der Waals surface area contributed by atoms with E-state index in [1.807, 2.05) is 43.3 Å². The molecular weight excluding hydrogens is 252 g/mol. The summed E-state index contributed by atoms with van der Waals surface area (Å²) in [6, 6.07) is 14.7. The summed E-state index contributed by atoms with van der Waals surface area (Å²) in [5.41, 5.74) is 2.43. The van der Waals surface area contributed by atoms with E-state index >= 15 is 0 Å². The highest BCUT2D eigenvalue weighted by molar-refractivity contribution is 6.09. The quantitative estimate of drug-likeness (QED) is 0.673. The maximum Gasteiger partial charge on any atom is 0.228 e. The Balaban J connectivity index is 2.01. The lowest BCUT2D eigenvalue weighted by molar-refractivity contribution is 0.101. The van der Waals surface area contributed by atoms with Crippen LogP contribution in [0.2, 0.25) is 0 Å². The molecule has 1 aromatic heterocycles. The molecule has 3 nitrogen and oxygen atoms in total. The van der Waals surface area contributed by atoms with Gasteiger partial charge in [0, 0.05) is 10.9 Å². The Labute approximate surface area is 116 Å². The zero-order valence-electron chi connectivity index (χ0n) is 11.3. The van der Waals surface area contributed by atoms with Crippen molar-refractivity contribution in [2.75, 3.05) is 7.11 Å². The Morgan fingerprint density at radius 2 is 1.80 bits per heavy atom. The predicted molar refractivity (Wildman–Crippen MR) is 77.4 cm³/mol. The SMILES string of the molecule is COc1ccc2oc(C(=O)c3ccc(C)cc3)cc2c1. The Morgan fingerprint density at radius 1 is 1.05 bits per heavy atom. The first-order valence-corrected chi connectivity index (χ1v) is 6.36. The van der Waals surface area contributed by atoms with Gasteiger partial charge in [0.05, 0.1) is 7.11 Å². The molecule has 0 fully saturated rings. The van der Waals surface area contributed by atoms with Crippen LogP contribution in [0.15, 0.2) is 52.9 Å². The van der Waals surface area contributed by atoms with Crippen molar-refractivity contribution < 1.29 is 13.9 Å². The summed E-state index contributed by atoms with van der Waals surface area (Å²) in [7, 11) is 1.61. The van der Waals surface area contributed by atoms with Gasteiger partial charge in [-0.15, -0.1) is 0 Å². The van der Waals surface area contributed by atoms with Crippen LogP contribution < -0.4 is 4.74 Å². The second-order valence-electron chi connectivity index (χ2n) is 4.71. The molecule has 3 heteroatoms. The average molecular weight is 266 g/mol. The van der Waals surface area contributed by atoms with E-state index in [4.69, 9.17) is 9.15 Å². The maximum absolute atomic E-state index is 12.4. The van der Waals surface area contributed by atoms with Crippen LogP contribution in [0.4, 0.5) is 0 Å². The third-order valence-electron chi connectivity index (χ3n) is 3.26. The topological polar surface area (TPSA) is 39.4 Å². The van der Waals surface area contributed by atoms with Gasteiger partial charge in [0.25, 0.3) is 0 Å². The first-order chi connectivity index (χ1) is 9.67. The Bertz CT molecular complexity index is 767. The minimum absolute atomic E-state index is 0.111. The first-order valence-electron chi connectivity index (χ1n) is 6.36. The van der Waals surface area contributed by atoms with Crippen LogP contribution in [0.3, 0.4) is 0 Å². The van der Waals surface area contributed by atoms with E-state index in [1.54, 1.807) is 19.2 Å². The van der Waals surface area contributed by atoms with Gasteiger partial charge in [-0.05, 0) is 31.2 Å². The van der Waals surface area contributed by atoms with Gasteiger partial charge in [0.1, 0.15) is 11.3 Å². The van der Waals surface area contributed by atoms with Gasteiger partial charge in [-0.3, -0.25) is 4.79 Å². The standard InChI is InChI=1S/C17H14O3/c1-11-3-5-12(6-4-11)17(18)16-10-13-9-14(19-2)7-8-15(13)20-16/h3-10H,1-2H3. The number of furan rings is 1. The second kappa shape index (κ2) is 4.85. The van der Waals surface area contributed by atoms with Crippen LogP contribution in [-0.4, -0.2) is 12.9 Å². The van der Waals surface area contributed by atoms with Crippen molar-refractivity contribution in [3.05, 3.63) is 65.4 Å². The molecule has 3 aromatic rings. The molecule has 1 heterocycles. The molecule has 0 N–H and O–H groups in total. The zero-order chi connectivity index (χ0) is 14.1. The highest BCUT2D eigenvalue weighted by atomic mass is 16.5. The van der Waals surface area contributed by atoms with E-state index in [1.165, 1.54) is 0 Å². The molecule has 100 valence electrons. The fourth-order valence-electron chi connectivity index (χ4n) is 2.11. The molecule has 0 atom stereocenters. The third-order valence-corrected chi connectivity index (χ3v) is 3.26. The van der Waals surface area contributed by atoms with Crippen LogP contribution in [0.5, 0.6) is 5.75 Å². The molecule has 0 aliphatic carbocycles. The lowest BCUT2D eigenvalue weighted by atomic mass is 10.1. The van der Waals surface area contributed by atoms with E-state index < -0.39 is 0 Å². The highest BCUT2D eigenvalue weighted by Crippen LogP contribution is 2.25. The summed E-state index contributed by atoms with van der Waals surface area (Å²) in [5, 5.41) is 0.861. The number of ketones is 1. The number of hydrogen-bond donors (Lipinski definition) is 0. The minimum atomic E-state index is -0.111. The monoisotopic (exact) mass is 266 g/mol. The molecule has 0 aliphatic heterocycles. The zero-order valence-corrected chi connectivity index (χ0v) is 11.3. The molecule has 2 aromatic carbocycles. The lowest BCUT2D eigenvalue weighted by Crippen LogP contribution is -1.98. The number of benzene rings is 2. The number of hydrogen-bond acceptors (Lipinski definition) is 3. The van der Waals surface area contributed by atoms with Crippen LogP contribution in [0, 0.1) is 6.92 Å². The number of aryl methyl sites for hydroxylation is 1. The highest BCUT2D eigenvalue weighted by Gasteiger charge is 2.14. The molecule has 3 rings (SSSR count). The maximum atomic E-state index is 12.4. The number of fused-ring (bicyclic) bond motifs is 1. The van der Waals surface area contributed by atoms with Crippen molar-refractivity contribution in [3.8, 4) is 5.75 Å². The summed E-state index contributed by atoms with van der Waals surface area (Å²) >= 11 is 0. The van der Waals surface area contributed by atoms with Gasteiger partial charge in [0.15, 0.2) is 5.76 Å². The van der Waals surface area contributed by atoms with Gasteiger partial charge in [-0.2, -0.15) is 0 Å². The van der Waals surface area contributed by atoms with E-state index in [2.05, 4.69) is 0 Å². The van der Waals surface area contributed by atoms with Crippen molar-refractivity contribution in [2.24, 2.45) is 0 Å². The Morgan fingerprint density at radius 3 is 2.50 bits per heavy atom. The largest absolute Gasteiger partial charge is 0.497 e. The summed E-state index contributed by atoms with van der Waals surface area (Å²) in [4.78, 5) is 12.4. The molecule has 0 spiro atoms. The van der Waals surface area contributed by atoms with Crippen molar-refractivity contribution in [1.82, 2.24) is 0 Å². The fraction of sp³-hybridized carbons (Fsp3) is 0.118.